The molecule has 0 amide bonds. The van der Waals surface area contributed by atoms with Crippen LogP contribution >= 0.6 is 0 Å². The van der Waals surface area contributed by atoms with Crippen molar-refractivity contribution in [2.45, 2.75) is 26.3 Å². The Balaban J connectivity index is 1.54. The van der Waals surface area contributed by atoms with Crippen LogP contribution in [-0.2, 0) is 0 Å². The summed E-state index contributed by atoms with van der Waals surface area (Å²) in [7, 11) is 0. The predicted octanol–water partition coefficient (Wildman–Crippen LogP) is 2.10. The molecular formula is C18H20N6O. The zero-order valence-corrected chi connectivity index (χ0v) is 14.3. The molecular weight excluding hydrogens is 316 g/mol. The number of hydrogen-bond donors (Lipinski definition) is 1. The lowest BCUT2D eigenvalue weighted by atomic mass is 10.2. The average molecular weight is 336 g/mol. The molecule has 1 N–H and O–H groups in total. The predicted molar refractivity (Wildman–Crippen MR) is 95.7 cm³/mol. The minimum Gasteiger partial charge on any atom is -0.354 e. The van der Waals surface area contributed by atoms with Crippen LogP contribution in [-0.4, -0.2) is 37.8 Å². The average Bonchev–Trinajstić information content (AvgIpc) is 3.30. The first-order chi connectivity index (χ1) is 12.1. The highest BCUT2D eigenvalue weighted by Gasteiger charge is 2.25. The zero-order valence-electron chi connectivity index (χ0n) is 14.3. The minimum absolute atomic E-state index is 0.104. The van der Waals surface area contributed by atoms with Gasteiger partial charge in [-0.2, -0.15) is 5.10 Å². The van der Waals surface area contributed by atoms with Gasteiger partial charge in [0.2, 0.25) is 0 Å². The first-order valence-electron chi connectivity index (χ1n) is 8.40. The van der Waals surface area contributed by atoms with E-state index in [1.54, 1.807) is 13.1 Å². The summed E-state index contributed by atoms with van der Waals surface area (Å²) < 4.78 is 2.01. The van der Waals surface area contributed by atoms with Crippen LogP contribution in [0.15, 0.2) is 41.6 Å². The fraction of sp³-hybridized carbons (Fsp3) is 0.333. The zero-order chi connectivity index (χ0) is 17.4. The van der Waals surface area contributed by atoms with E-state index in [-0.39, 0.29) is 5.56 Å². The highest BCUT2D eigenvalue weighted by molar-refractivity contribution is 5.56. The van der Waals surface area contributed by atoms with Crippen molar-refractivity contribution in [1.29, 1.82) is 0 Å². The number of rotatable bonds is 3. The van der Waals surface area contributed by atoms with Gasteiger partial charge in [0.1, 0.15) is 11.6 Å². The number of hydrogen-bond acceptors (Lipinski definition) is 5. The lowest BCUT2D eigenvalue weighted by Gasteiger charge is -2.17. The fourth-order valence-electron chi connectivity index (χ4n) is 3.16. The van der Waals surface area contributed by atoms with Gasteiger partial charge in [0.25, 0.3) is 5.56 Å². The van der Waals surface area contributed by atoms with Crippen LogP contribution in [0.3, 0.4) is 0 Å². The molecule has 128 valence electrons. The van der Waals surface area contributed by atoms with Gasteiger partial charge in [0.15, 0.2) is 0 Å². The summed E-state index contributed by atoms with van der Waals surface area (Å²) in [5.74, 6) is 1.49. The standard InChI is InChI=1S/C18H20N6O/c1-12-13(2)21-17(22-18(12)25)14-4-5-16(19-10-14)23-9-6-15(11-23)24-8-3-7-20-24/h3-5,7-8,10,15H,6,9,11H2,1-2H3,(H,21,22,25). The Morgan fingerprint density at radius 1 is 1.28 bits per heavy atom. The van der Waals surface area contributed by atoms with Gasteiger partial charge < -0.3 is 9.88 Å². The number of nitrogens with one attached hydrogen (secondary N) is 1. The molecule has 1 aliphatic heterocycles. The molecule has 1 atom stereocenters. The topological polar surface area (TPSA) is 79.7 Å². The smallest absolute Gasteiger partial charge is 0.254 e. The minimum atomic E-state index is -0.104. The van der Waals surface area contributed by atoms with Gasteiger partial charge in [0, 0.05) is 48.5 Å². The van der Waals surface area contributed by atoms with Crippen LogP contribution in [0.5, 0.6) is 0 Å². The summed E-state index contributed by atoms with van der Waals surface area (Å²) in [6, 6.07) is 6.27. The largest absolute Gasteiger partial charge is 0.354 e. The van der Waals surface area contributed by atoms with Gasteiger partial charge in [-0.15, -0.1) is 0 Å². The molecule has 1 unspecified atom stereocenters. The number of H-pyrrole nitrogens is 1. The Hall–Kier alpha value is -2.96. The second kappa shape index (κ2) is 6.16. The number of pyridine rings is 1. The Kier molecular flexibility index (Phi) is 3.83. The molecule has 0 radical (unpaired) electrons. The van der Waals surface area contributed by atoms with Crippen molar-refractivity contribution in [3.05, 3.63) is 58.4 Å². The van der Waals surface area contributed by atoms with Crippen molar-refractivity contribution in [3.63, 3.8) is 0 Å². The maximum Gasteiger partial charge on any atom is 0.254 e. The first-order valence-corrected chi connectivity index (χ1v) is 8.40. The molecule has 7 nitrogen and oxygen atoms in total. The van der Waals surface area contributed by atoms with Crippen molar-refractivity contribution >= 4 is 5.82 Å². The molecule has 1 aliphatic rings. The molecule has 0 saturated carbocycles. The van der Waals surface area contributed by atoms with E-state index in [1.165, 1.54) is 0 Å². The van der Waals surface area contributed by atoms with Crippen LogP contribution < -0.4 is 10.5 Å². The third kappa shape index (κ3) is 2.93. The molecule has 7 heteroatoms. The highest BCUT2D eigenvalue weighted by Crippen LogP contribution is 2.26. The summed E-state index contributed by atoms with van der Waals surface area (Å²) >= 11 is 0. The monoisotopic (exact) mass is 336 g/mol. The molecule has 4 rings (SSSR count). The number of aromatic nitrogens is 5. The van der Waals surface area contributed by atoms with E-state index < -0.39 is 0 Å². The van der Waals surface area contributed by atoms with E-state index in [4.69, 9.17) is 0 Å². The van der Waals surface area contributed by atoms with Gasteiger partial charge in [-0.25, -0.2) is 9.97 Å². The van der Waals surface area contributed by atoms with E-state index in [0.29, 0.717) is 17.4 Å². The normalized spacial score (nSPS) is 17.2. The summed E-state index contributed by atoms with van der Waals surface area (Å²) in [6.45, 7) is 5.47. The third-order valence-corrected chi connectivity index (χ3v) is 4.80. The molecule has 4 heterocycles. The van der Waals surface area contributed by atoms with Crippen molar-refractivity contribution in [2.24, 2.45) is 0 Å². The summed E-state index contributed by atoms with van der Waals surface area (Å²) in [4.78, 5) is 26.0. The number of aryl methyl sites for hydroxylation is 1. The molecule has 0 aromatic carbocycles. The van der Waals surface area contributed by atoms with E-state index >= 15 is 0 Å². The summed E-state index contributed by atoms with van der Waals surface area (Å²) in [5.41, 5.74) is 2.10. The van der Waals surface area contributed by atoms with Crippen LogP contribution in [0.4, 0.5) is 5.82 Å². The number of nitrogens with zero attached hydrogens (tertiary/aromatic N) is 5. The van der Waals surface area contributed by atoms with Crippen molar-refractivity contribution in [3.8, 4) is 11.4 Å². The van der Waals surface area contributed by atoms with Gasteiger partial charge in [-0.1, -0.05) is 0 Å². The second-order valence-corrected chi connectivity index (χ2v) is 6.40. The molecule has 0 aliphatic carbocycles. The molecule has 25 heavy (non-hydrogen) atoms. The molecule has 1 fully saturated rings. The van der Waals surface area contributed by atoms with E-state index in [2.05, 4.69) is 25.0 Å². The molecule has 0 spiro atoms. The van der Waals surface area contributed by atoms with Crippen LogP contribution in [0.2, 0.25) is 0 Å². The lowest BCUT2D eigenvalue weighted by molar-refractivity contribution is 0.494. The molecule has 3 aromatic rings. The van der Waals surface area contributed by atoms with Crippen LogP contribution in [0, 0.1) is 13.8 Å². The quantitative estimate of drug-likeness (QED) is 0.792. The number of anilines is 1. The Bertz CT molecular complexity index is 929. The highest BCUT2D eigenvalue weighted by atomic mass is 16.1. The second-order valence-electron chi connectivity index (χ2n) is 6.40. The Morgan fingerprint density at radius 2 is 2.16 bits per heavy atom. The van der Waals surface area contributed by atoms with E-state index in [9.17, 15) is 4.79 Å². The molecule has 3 aromatic heterocycles. The van der Waals surface area contributed by atoms with E-state index in [0.717, 1.165) is 36.6 Å². The van der Waals surface area contributed by atoms with Crippen LogP contribution in [0.25, 0.3) is 11.4 Å². The van der Waals surface area contributed by atoms with Gasteiger partial charge >= 0.3 is 0 Å². The van der Waals surface area contributed by atoms with Crippen molar-refractivity contribution in [2.75, 3.05) is 18.0 Å². The maximum absolute atomic E-state index is 11.9. The third-order valence-electron chi connectivity index (χ3n) is 4.80. The van der Waals surface area contributed by atoms with Crippen molar-refractivity contribution < 1.29 is 0 Å². The maximum atomic E-state index is 11.9. The Morgan fingerprint density at radius 3 is 2.84 bits per heavy atom. The summed E-state index contributed by atoms with van der Waals surface area (Å²) in [6.07, 6.45) is 6.64. The molecule has 0 bridgehead atoms. The lowest BCUT2D eigenvalue weighted by Crippen LogP contribution is -2.22. The number of aromatic amines is 1. The van der Waals surface area contributed by atoms with Gasteiger partial charge in [-0.05, 0) is 38.5 Å². The van der Waals surface area contributed by atoms with Gasteiger partial charge in [0.05, 0.1) is 6.04 Å². The van der Waals surface area contributed by atoms with Gasteiger partial charge in [-0.3, -0.25) is 9.48 Å². The molecule has 1 saturated heterocycles. The van der Waals surface area contributed by atoms with Crippen molar-refractivity contribution in [1.82, 2.24) is 24.7 Å². The summed E-state index contributed by atoms with van der Waals surface area (Å²) in [5, 5.41) is 4.33. The van der Waals surface area contributed by atoms with Crippen LogP contribution in [0.1, 0.15) is 23.7 Å². The SMILES string of the molecule is Cc1nc(-c2ccc(N3CCC(n4cccn4)C3)nc2)[nH]c(=O)c1C. The fourth-order valence-corrected chi connectivity index (χ4v) is 3.16. The first kappa shape index (κ1) is 15.6. The Labute approximate surface area is 145 Å². The van der Waals surface area contributed by atoms with E-state index in [1.807, 2.05) is 42.2 Å².